The van der Waals surface area contributed by atoms with Crippen molar-refractivity contribution in [3.05, 3.63) is 34.3 Å². The van der Waals surface area contributed by atoms with Crippen molar-refractivity contribution in [1.82, 2.24) is 4.90 Å². The van der Waals surface area contributed by atoms with Crippen LogP contribution in [0.2, 0.25) is 0 Å². The molecule has 0 atom stereocenters. The summed E-state index contributed by atoms with van der Waals surface area (Å²) in [6, 6.07) is 7.62. The van der Waals surface area contributed by atoms with Gasteiger partial charge < -0.3 is 4.90 Å². The lowest BCUT2D eigenvalue weighted by Gasteiger charge is -2.37. The zero-order valence-corrected chi connectivity index (χ0v) is 12.0. The first-order chi connectivity index (χ1) is 7.98. The van der Waals surface area contributed by atoms with Gasteiger partial charge in [-0.25, -0.2) is 0 Å². The number of carbonyl (C=O) groups is 1. The van der Waals surface area contributed by atoms with Gasteiger partial charge in [-0.05, 0) is 36.5 Å². The minimum absolute atomic E-state index is 0.154. The van der Waals surface area contributed by atoms with Crippen LogP contribution in [0.1, 0.15) is 37.0 Å². The third-order valence-corrected chi connectivity index (χ3v) is 3.97. The van der Waals surface area contributed by atoms with E-state index < -0.39 is 0 Å². The molecule has 17 heavy (non-hydrogen) atoms. The van der Waals surface area contributed by atoms with E-state index >= 15 is 0 Å². The fraction of sp³-hybridized carbons (Fsp3) is 0.500. The van der Waals surface area contributed by atoms with Crippen molar-refractivity contribution in [2.24, 2.45) is 5.41 Å². The second-order valence-electron chi connectivity index (χ2n) is 5.47. The lowest BCUT2D eigenvalue weighted by atomic mass is 9.82. The Labute approximate surface area is 111 Å². The third-order valence-electron chi connectivity index (χ3n) is 3.48. The summed E-state index contributed by atoms with van der Waals surface area (Å²) >= 11 is 3.40. The number of nitrogens with zero attached hydrogens (tertiary/aromatic N) is 1. The van der Waals surface area contributed by atoms with Crippen molar-refractivity contribution in [1.29, 1.82) is 0 Å². The zero-order chi connectivity index (χ0) is 12.5. The van der Waals surface area contributed by atoms with Crippen LogP contribution in [0, 0.1) is 5.41 Å². The molecule has 0 aromatic heterocycles. The molecule has 1 aromatic carbocycles. The van der Waals surface area contributed by atoms with Crippen molar-refractivity contribution in [3.63, 3.8) is 0 Å². The van der Waals surface area contributed by atoms with Crippen molar-refractivity contribution in [2.75, 3.05) is 13.1 Å². The number of likely N-dealkylation sites (tertiary alicyclic amines) is 1. The lowest BCUT2D eigenvalue weighted by molar-refractivity contribution is 0.0630. The zero-order valence-electron chi connectivity index (χ0n) is 10.4. The van der Waals surface area contributed by atoms with Crippen LogP contribution in [0.15, 0.2) is 28.7 Å². The van der Waals surface area contributed by atoms with Gasteiger partial charge in [-0.2, -0.15) is 0 Å². The first kappa shape index (κ1) is 12.6. The Balaban J connectivity index is 2.07. The summed E-state index contributed by atoms with van der Waals surface area (Å²) in [6.45, 7) is 6.29. The van der Waals surface area contributed by atoms with Crippen LogP contribution in [0.3, 0.4) is 0 Å². The number of amides is 1. The van der Waals surface area contributed by atoms with Gasteiger partial charge in [0.2, 0.25) is 0 Å². The SMILES string of the molecule is CC1(C)CCN(C(=O)c2cccc(Br)c2)CC1. The second kappa shape index (κ2) is 4.81. The molecule has 0 bridgehead atoms. The van der Waals surface area contributed by atoms with Gasteiger partial charge in [-0.1, -0.05) is 35.8 Å². The van der Waals surface area contributed by atoms with E-state index in [0.29, 0.717) is 5.41 Å². The molecule has 92 valence electrons. The normalized spacial score (nSPS) is 19.1. The highest BCUT2D eigenvalue weighted by atomic mass is 79.9. The van der Waals surface area contributed by atoms with Crippen molar-refractivity contribution < 1.29 is 4.79 Å². The summed E-state index contributed by atoms with van der Waals surface area (Å²) in [4.78, 5) is 14.2. The maximum atomic E-state index is 12.3. The number of piperidine rings is 1. The molecule has 2 rings (SSSR count). The van der Waals surface area contributed by atoms with Gasteiger partial charge in [-0.15, -0.1) is 0 Å². The Bertz CT molecular complexity index is 418. The molecule has 1 aliphatic rings. The first-order valence-electron chi connectivity index (χ1n) is 6.03. The monoisotopic (exact) mass is 295 g/mol. The van der Waals surface area contributed by atoms with E-state index in [1.807, 2.05) is 29.2 Å². The highest BCUT2D eigenvalue weighted by Crippen LogP contribution is 2.30. The average molecular weight is 296 g/mol. The number of halogens is 1. The number of hydrogen-bond acceptors (Lipinski definition) is 1. The van der Waals surface area contributed by atoms with Gasteiger partial charge in [0.15, 0.2) is 0 Å². The average Bonchev–Trinajstić information content (AvgIpc) is 2.28. The van der Waals surface area contributed by atoms with Crippen molar-refractivity contribution >= 4 is 21.8 Å². The molecule has 0 aliphatic carbocycles. The molecule has 1 amide bonds. The molecule has 1 saturated heterocycles. The van der Waals surface area contributed by atoms with Crippen LogP contribution in [0.4, 0.5) is 0 Å². The van der Waals surface area contributed by atoms with E-state index in [0.717, 1.165) is 36.0 Å². The van der Waals surface area contributed by atoms with Gasteiger partial charge in [0, 0.05) is 23.1 Å². The van der Waals surface area contributed by atoms with E-state index in [2.05, 4.69) is 29.8 Å². The Kier molecular flexibility index (Phi) is 3.57. The van der Waals surface area contributed by atoms with E-state index in [4.69, 9.17) is 0 Å². The predicted octanol–water partition coefficient (Wildman–Crippen LogP) is 3.71. The van der Waals surface area contributed by atoms with Gasteiger partial charge in [0.05, 0.1) is 0 Å². The molecular formula is C14H18BrNO. The molecule has 1 heterocycles. The van der Waals surface area contributed by atoms with E-state index in [9.17, 15) is 4.79 Å². The molecule has 1 aromatic rings. The molecule has 0 unspecified atom stereocenters. The summed E-state index contributed by atoms with van der Waals surface area (Å²) < 4.78 is 0.959. The predicted molar refractivity (Wildman–Crippen MR) is 73.1 cm³/mol. The molecule has 1 aliphatic heterocycles. The number of rotatable bonds is 1. The van der Waals surface area contributed by atoms with E-state index in [1.165, 1.54) is 0 Å². The molecule has 0 spiro atoms. The molecular weight excluding hydrogens is 278 g/mol. The third kappa shape index (κ3) is 3.09. The molecule has 3 heteroatoms. The van der Waals surface area contributed by atoms with Gasteiger partial charge in [0.1, 0.15) is 0 Å². The summed E-state index contributed by atoms with van der Waals surface area (Å²) in [6.07, 6.45) is 2.18. The number of benzene rings is 1. The largest absolute Gasteiger partial charge is 0.339 e. The van der Waals surface area contributed by atoms with E-state index in [-0.39, 0.29) is 5.91 Å². The standard InChI is InChI=1S/C14H18BrNO/c1-14(2)6-8-16(9-7-14)13(17)11-4-3-5-12(15)10-11/h3-5,10H,6-9H2,1-2H3. The quantitative estimate of drug-likeness (QED) is 0.773. The van der Waals surface area contributed by atoms with Crippen LogP contribution in [-0.4, -0.2) is 23.9 Å². The summed E-state index contributed by atoms with van der Waals surface area (Å²) in [5.41, 5.74) is 1.16. The van der Waals surface area contributed by atoms with Gasteiger partial charge >= 0.3 is 0 Å². The molecule has 2 nitrogen and oxygen atoms in total. The Hall–Kier alpha value is -0.830. The molecule has 0 N–H and O–H groups in total. The van der Waals surface area contributed by atoms with E-state index in [1.54, 1.807) is 0 Å². The van der Waals surface area contributed by atoms with Crippen LogP contribution >= 0.6 is 15.9 Å². The molecule has 0 radical (unpaired) electrons. The summed E-state index contributed by atoms with van der Waals surface area (Å²) in [5, 5.41) is 0. The van der Waals surface area contributed by atoms with Crippen molar-refractivity contribution in [3.8, 4) is 0 Å². The fourth-order valence-electron chi connectivity index (χ4n) is 2.12. The highest BCUT2D eigenvalue weighted by molar-refractivity contribution is 9.10. The summed E-state index contributed by atoms with van der Waals surface area (Å²) in [7, 11) is 0. The molecule has 0 saturated carbocycles. The van der Waals surface area contributed by atoms with Crippen LogP contribution in [0.25, 0.3) is 0 Å². The maximum absolute atomic E-state index is 12.3. The smallest absolute Gasteiger partial charge is 0.253 e. The maximum Gasteiger partial charge on any atom is 0.253 e. The van der Waals surface area contributed by atoms with Gasteiger partial charge in [0.25, 0.3) is 5.91 Å². The lowest BCUT2D eigenvalue weighted by Crippen LogP contribution is -2.41. The number of carbonyl (C=O) groups excluding carboxylic acids is 1. The second-order valence-corrected chi connectivity index (χ2v) is 6.38. The Morgan fingerprint density at radius 3 is 2.53 bits per heavy atom. The molecule has 1 fully saturated rings. The van der Waals surface area contributed by atoms with Crippen molar-refractivity contribution in [2.45, 2.75) is 26.7 Å². The summed E-state index contributed by atoms with van der Waals surface area (Å²) in [5.74, 6) is 0.154. The van der Waals surface area contributed by atoms with Crippen LogP contribution < -0.4 is 0 Å². The first-order valence-corrected chi connectivity index (χ1v) is 6.82. The highest BCUT2D eigenvalue weighted by Gasteiger charge is 2.28. The van der Waals surface area contributed by atoms with Crippen LogP contribution in [0.5, 0.6) is 0 Å². The Morgan fingerprint density at radius 1 is 1.29 bits per heavy atom. The minimum Gasteiger partial charge on any atom is -0.339 e. The minimum atomic E-state index is 0.154. The van der Waals surface area contributed by atoms with Crippen LogP contribution in [-0.2, 0) is 0 Å². The Morgan fingerprint density at radius 2 is 1.94 bits per heavy atom. The van der Waals surface area contributed by atoms with Gasteiger partial charge in [-0.3, -0.25) is 4.79 Å². The number of hydrogen-bond donors (Lipinski definition) is 0. The fourth-order valence-corrected chi connectivity index (χ4v) is 2.52. The topological polar surface area (TPSA) is 20.3 Å².